The molecule has 0 N–H and O–H groups in total. The highest BCUT2D eigenvalue weighted by molar-refractivity contribution is 7.91. The van der Waals surface area contributed by atoms with Gasteiger partial charge in [-0.1, -0.05) is 86.1 Å². The Balaban J connectivity index is 2.06. The zero-order valence-electron chi connectivity index (χ0n) is 19.8. The summed E-state index contributed by atoms with van der Waals surface area (Å²) in [5, 5.41) is 0. The Morgan fingerprint density at radius 2 is 1.52 bits per heavy atom. The van der Waals surface area contributed by atoms with Crippen molar-refractivity contribution < 1.29 is 8.42 Å². The highest BCUT2D eigenvalue weighted by atomic mass is 32.2. The molecule has 0 radical (unpaired) electrons. The van der Waals surface area contributed by atoms with Crippen LogP contribution in [-0.4, -0.2) is 14.2 Å². The molecule has 3 aliphatic carbocycles. The quantitative estimate of drug-likeness (QED) is 0.465. The lowest BCUT2D eigenvalue weighted by Gasteiger charge is -2.44. The molecule has 0 heterocycles. The first-order valence-corrected chi connectivity index (χ1v) is 13.0. The summed E-state index contributed by atoms with van der Waals surface area (Å²) in [6.07, 6.45) is 3.31. The number of hydrogen-bond donors (Lipinski definition) is 0. The lowest BCUT2D eigenvalue weighted by Crippen LogP contribution is -2.38. The molecule has 3 aliphatic rings. The first kappa shape index (κ1) is 22.6. The lowest BCUT2D eigenvalue weighted by molar-refractivity contribution is 0.0463. The minimum absolute atomic E-state index is 0.131. The molecule has 0 saturated heterocycles. The van der Waals surface area contributed by atoms with E-state index >= 15 is 0 Å². The van der Waals surface area contributed by atoms with Crippen molar-refractivity contribution in [3.63, 3.8) is 0 Å². The molecule has 3 fully saturated rings. The summed E-state index contributed by atoms with van der Waals surface area (Å²) in [6.45, 7) is 19.8. The summed E-state index contributed by atoms with van der Waals surface area (Å²) < 4.78 is 27.3. The first-order chi connectivity index (χ1) is 13.3. The van der Waals surface area contributed by atoms with Gasteiger partial charge in [-0.3, -0.25) is 0 Å². The molecule has 162 valence electrons. The molecular weight excluding hydrogens is 376 g/mol. The van der Waals surface area contributed by atoms with Crippen LogP contribution in [-0.2, 0) is 9.84 Å². The van der Waals surface area contributed by atoms with Crippen LogP contribution in [0, 0.1) is 23.2 Å². The fourth-order valence-corrected chi connectivity index (χ4v) is 7.68. The maximum absolute atomic E-state index is 13.7. The van der Waals surface area contributed by atoms with Crippen LogP contribution in [0.1, 0.15) is 103 Å². The van der Waals surface area contributed by atoms with E-state index in [-0.39, 0.29) is 17.6 Å². The number of fused-ring (bicyclic) bond motifs is 1. The molecule has 0 spiro atoms. The van der Waals surface area contributed by atoms with Gasteiger partial charge in [-0.25, -0.2) is 8.42 Å². The summed E-state index contributed by atoms with van der Waals surface area (Å²) in [5.41, 5.74) is 4.94. The molecule has 2 bridgehead atoms. The molecule has 3 saturated carbocycles. The minimum Gasteiger partial charge on any atom is -0.223 e. The third-order valence-corrected chi connectivity index (χ3v) is 9.50. The molecule has 0 aliphatic heterocycles. The van der Waals surface area contributed by atoms with Crippen LogP contribution < -0.4 is 0 Å². The number of rotatable bonds is 6. The van der Waals surface area contributed by atoms with Gasteiger partial charge in [0.05, 0.1) is 10.6 Å². The molecule has 3 atom stereocenters. The molecule has 0 unspecified atom stereocenters. The lowest BCUT2D eigenvalue weighted by atomic mass is 9.60. The van der Waals surface area contributed by atoms with E-state index in [1.165, 1.54) is 17.6 Å². The Kier molecular flexibility index (Phi) is 5.88. The number of allylic oxidation sites excluding steroid dienone is 1. The fraction of sp³-hybridized carbons (Fsp3) is 0.692. The topological polar surface area (TPSA) is 34.1 Å². The van der Waals surface area contributed by atoms with E-state index in [0.29, 0.717) is 34.0 Å². The molecule has 4 rings (SSSR count). The molecule has 3 heteroatoms. The van der Waals surface area contributed by atoms with Crippen molar-refractivity contribution in [3.8, 4) is 0 Å². The first-order valence-electron chi connectivity index (χ1n) is 11.4. The molecule has 29 heavy (non-hydrogen) atoms. The van der Waals surface area contributed by atoms with Crippen molar-refractivity contribution in [3.05, 3.63) is 40.5 Å². The standard InChI is InChI=1S/C26H40O2S/c1-15(2)19-12-21(16(3)4)25(22(13-19)17(5)6)29(27,28)11-10-20-18(7)23-14-24(20)26(23,8)9/h10,12-13,15-18,23-24H,11,14H2,1-9H3/b20-10+/t18-,23-,24+/m0/s1. The molecule has 2 nitrogen and oxygen atoms in total. The highest BCUT2D eigenvalue weighted by Crippen LogP contribution is 2.67. The second kappa shape index (κ2) is 7.55. The van der Waals surface area contributed by atoms with Gasteiger partial charge in [0.1, 0.15) is 0 Å². The number of sulfone groups is 1. The zero-order valence-corrected chi connectivity index (χ0v) is 20.7. The third kappa shape index (κ3) is 3.73. The van der Waals surface area contributed by atoms with E-state index in [1.54, 1.807) is 0 Å². The largest absolute Gasteiger partial charge is 0.223 e. The normalized spacial score (nSPS) is 27.3. The van der Waals surface area contributed by atoms with Crippen molar-refractivity contribution >= 4 is 9.84 Å². The van der Waals surface area contributed by atoms with Crippen molar-refractivity contribution in [2.75, 3.05) is 5.75 Å². The average Bonchev–Trinajstić information content (AvgIpc) is 3.06. The van der Waals surface area contributed by atoms with Gasteiger partial charge in [-0.2, -0.15) is 0 Å². The maximum Gasteiger partial charge on any atom is 0.182 e. The van der Waals surface area contributed by atoms with Gasteiger partial charge >= 0.3 is 0 Å². The van der Waals surface area contributed by atoms with Crippen LogP contribution in [0.4, 0.5) is 0 Å². The monoisotopic (exact) mass is 416 g/mol. The van der Waals surface area contributed by atoms with Gasteiger partial charge in [0.25, 0.3) is 0 Å². The Bertz CT molecular complexity index is 887. The van der Waals surface area contributed by atoms with Crippen LogP contribution in [0.2, 0.25) is 0 Å². The summed E-state index contributed by atoms with van der Waals surface area (Å²) >= 11 is 0. The van der Waals surface area contributed by atoms with E-state index in [1.807, 2.05) is 0 Å². The van der Waals surface area contributed by atoms with Gasteiger partial charge in [0, 0.05) is 0 Å². The molecular formula is C26H40O2S. The Labute approximate surface area is 179 Å². The van der Waals surface area contributed by atoms with E-state index in [9.17, 15) is 8.42 Å². The highest BCUT2D eigenvalue weighted by Gasteiger charge is 2.59. The third-order valence-electron chi connectivity index (χ3n) is 7.80. The maximum atomic E-state index is 13.7. The summed E-state index contributed by atoms with van der Waals surface area (Å²) in [6, 6.07) is 4.28. The molecule has 0 amide bonds. The van der Waals surface area contributed by atoms with Crippen molar-refractivity contribution in [1.29, 1.82) is 0 Å². The van der Waals surface area contributed by atoms with Gasteiger partial charge in [0.15, 0.2) is 9.84 Å². The summed E-state index contributed by atoms with van der Waals surface area (Å²) in [4.78, 5) is 0.598. The summed E-state index contributed by atoms with van der Waals surface area (Å²) in [5.74, 6) is 2.67. The van der Waals surface area contributed by atoms with Crippen molar-refractivity contribution in [2.45, 2.75) is 91.4 Å². The SMILES string of the molecule is CC(C)c1cc(C(C)C)c(S(=O)(=O)C/C=C2/[C@H]3C[C@@H]([C@H]2C)C3(C)C)c(C(C)C)c1. The average molecular weight is 417 g/mol. The second-order valence-corrected chi connectivity index (χ2v) is 13.0. The molecule has 0 aromatic heterocycles. The van der Waals surface area contributed by atoms with Crippen LogP contribution in [0.25, 0.3) is 0 Å². The summed E-state index contributed by atoms with van der Waals surface area (Å²) in [7, 11) is -3.38. The predicted molar refractivity (Wildman–Crippen MR) is 123 cm³/mol. The minimum atomic E-state index is -3.38. The Morgan fingerprint density at radius 3 is 1.86 bits per heavy atom. The zero-order chi connectivity index (χ0) is 21.9. The number of hydrogen-bond acceptors (Lipinski definition) is 2. The van der Waals surface area contributed by atoms with Crippen LogP contribution >= 0.6 is 0 Å². The van der Waals surface area contributed by atoms with Gasteiger partial charge in [0.2, 0.25) is 0 Å². The van der Waals surface area contributed by atoms with Crippen LogP contribution in [0.15, 0.2) is 28.7 Å². The fourth-order valence-electron chi connectivity index (χ4n) is 5.79. The van der Waals surface area contributed by atoms with Crippen molar-refractivity contribution in [2.24, 2.45) is 23.2 Å². The Morgan fingerprint density at radius 1 is 1.00 bits per heavy atom. The van der Waals surface area contributed by atoms with E-state index < -0.39 is 9.84 Å². The number of benzene rings is 1. The van der Waals surface area contributed by atoms with Crippen LogP contribution in [0.5, 0.6) is 0 Å². The van der Waals surface area contributed by atoms with E-state index in [2.05, 4.69) is 80.5 Å². The Hall–Kier alpha value is -1.09. The smallest absolute Gasteiger partial charge is 0.182 e. The predicted octanol–water partition coefficient (Wildman–Crippen LogP) is 7.07. The van der Waals surface area contributed by atoms with E-state index in [0.717, 1.165) is 11.1 Å². The molecule has 1 aromatic rings. The van der Waals surface area contributed by atoms with Crippen LogP contribution in [0.3, 0.4) is 0 Å². The second-order valence-electron chi connectivity index (χ2n) is 11.0. The van der Waals surface area contributed by atoms with Gasteiger partial charge in [-0.05, 0) is 64.0 Å². The van der Waals surface area contributed by atoms with Crippen molar-refractivity contribution in [1.82, 2.24) is 0 Å². The van der Waals surface area contributed by atoms with Gasteiger partial charge < -0.3 is 0 Å². The van der Waals surface area contributed by atoms with Gasteiger partial charge in [-0.15, -0.1) is 0 Å². The van der Waals surface area contributed by atoms with E-state index in [4.69, 9.17) is 0 Å². The molecule has 1 aromatic carbocycles.